The molecular weight excluding hydrogens is 408 g/mol. The van der Waals surface area contributed by atoms with Crippen LogP contribution in [0.4, 0.5) is 5.82 Å². The van der Waals surface area contributed by atoms with Crippen LogP contribution < -0.4 is 15.1 Å². The van der Waals surface area contributed by atoms with Gasteiger partial charge in [0.25, 0.3) is 15.9 Å². The molecule has 9 nitrogen and oxygen atoms in total. The fourth-order valence-corrected chi connectivity index (χ4v) is 4.11. The normalized spacial score (nSPS) is 19.5. The Balaban J connectivity index is 1.57. The van der Waals surface area contributed by atoms with Crippen molar-refractivity contribution in [2.75, 3.05) is 25.1 Å². The van der Waals surface area contributed by atoms with Crippen molar-refractivity contribution >= 4 is 21.7 Å². The molecule has 3 rings (SSSR count). The first-order chi connectivity index (χ1) is 14.3. The number of hydrogen-bond acceptors (Lipinski definition) is 7. The largest absolute Gasteiger partial charge is 0.372 e. The maximum absolute atomic E-state index is 12.3. The van der Waals surface area contributed by atoms with Crippen molar-refractivity contribution in [3.8, 4) is 0 Å². The summed E-state index contributed by atoms with van der Waals surface area (Å²) in [6.07, 6.45) is 2.05. The number of hydrogen-bond donors (Lipinski definition) is 2. The highest BCUT2D eigenvalue weighted by Gasteiger charge is 2.23. The summed E-state index contributed by atoms with van der Waals surface area (Å²) in [5.41, 5.74) is 1.22. The van der Waals surface area contributed by atoms with E-state index >= 15 is 0 Å². The van der Waals surface area contributed by atoms with Crippen molar-refractivity contribution in [2.45, 2.75) is 37.5 Å². The van der Waals surface area contributed by atoms with E-state index < -0.39 is 10.0 Å². The van der Waals surface area contributed by atoms with Gasteiger partial charge in [-0.2, -0.15) is 0 Å². The maximum atomic E-state index is 12.3. The third kappa shape index (κ3) is 5.54. The SMILES string of the molecule is CONS(=O)(=O)c1ccc(C(=O)NCc2ccc(N3C[C@H](C)O[C@@H](C)C3)nc2)cc1. The molecule has 30 heavy (non-hydrogen) atoms. The van der Waals surface area contributed by atoms with Gasteiger partial charge in [0.15, 0.2) is 0 Å². The lowest BCUT2D eigenvalue weighted by Gasteiger charge is -2.36. The molecule has 2 atom stereocenters. The average Bonchev–Trinajstić information content (AvgIpc) is 2.72. The highest BCUT2D eigenvalue weighted by atomic mass is 32.2. The predicted octanol–water partition coefficient (Wildman–Crippen LogP) is 1.46. The second kappa shape index (κ2) is 9.52. The Labute approximate surface area is 176 Å². The lowest BCUT2D eigenvalue weighted by molar-refractivity contribution is -0.00546. The molecule has 1 aromatic heterocycles. The van der Waals surface area contributed by atoms with E-state index in [0.717, 1.165) is 24.5 Å². The topological polar surface area (TPSA) is 110 Å². The van der Waals surface area contributed by atoms with E-state index in [-0.39, 0.29) is 23.0 Å². The average molecular weight is 435 g/mol. The summed E-state index contributed by atoms with van der Waals surface area (Å²) in [4.78, 5) is 25.4. The number of nitrogens with one attached hydrogen (secondary N) is 2. The standard InChI is InChI=1S/C20H26N4O5S/c1-14-12-24(13-15(2)29-14)19-9-4-16(10-21-19)11-22-20(25)17-5-7-18(8-6-17)30(26,27)23-28-3/h4-10,14-15,23H,11-13H2,1-3H3,(H,22,25)/t14-,15-/m0/s1. The van der Waals surface area contributed by atoms with Gasteiger partial charge in [-0.3, -0.25) is 9.63 Å². The van der Waals surface area contributed by atoms with Gasteiger partial charge >= 0.3 is 0 Å². The quantitative estimate of drug-likeness (QED) is 0.635. The number of sulfonamides is 1. The van der Waals surface area contributed by atoms with Crippen LogP contribution in [0.15, 0.2) is 47.5 Å². The zero-order chi connectivity index (χ0) is 21.7. The minimum atomic E-state index is -3.75. The molecule has 0 saturated carbocycles. The first kappa shape index (κ1) is 22.2. The van der Waals surface area contributed by atoms with Crippen LogP contribution in [-0.4, -0.2) is 51.7 Å². The number of rotatable bonds is 7. The zero-order valence-corrected chi connectivity index (χ0v) is 18.0. The Bertz CT molecular complexity index is 954. The monoisotopic (exact) mass is 434 g/mol. The van der Waals surface area contributed by atoms with E-state index in [4.69, 9.17) is 4.74 Å². The van der Waals surface area contributed by atoms with Gasteiger partial charge in [0.1, 0.15) is 5.82 Å². The molecule has 1 aliphatic rings. The molecule has 2 aromatic rings. The fraction of sp³-hybridized carbons (Fsp3) is 0.400. The molecule has 1 aromatic carbocycles. The summed E-state index contributed by atoms with van der Waals surface area (Å²) in [6, 6.07) is 9.45. The first-order valence-electron chi connectivity index (χ1n) is 9.57. The molecule has 0 spiro atoms. The van der Waals surface area contributed by atoms with Gasteiger partial charge in [0.05, 0.1) is 24.2 Å². The van der Waals surface area contributed by atoms with Crippen molar-refractivity contribution in [1.29, 1.82) is 0 Å². The van der Waals surface area contributed by atoms with Gasteiger partial charge in [0.2, 0.25) is 0 Å². The van der Waals surface area contributed by atoms with Crippen LogP contribution in [0.1, 0.15) is 29.8 Å². The van der Waals surface area contributed by atoms with Crippen molar-refractivity contribution in [2.24, 2.45) is 0 Å². The molecule has 1 fully saturated rings. The number of morpholine rings is 1. The number of amides is 1. The van der Waals surface area contributed by atoms with Gasteiger partial charge in [-0.15, -0.1) is 0 Å². The lowest BCUT2D eigenvalue weighted by atomic mass is 10.2. The summed E-state index contributed by atoms with van der Waals surface area (Å²) >= 11 is 0. The summed E-state index contributed by atoms with van der Waals surface area (Å²) in [5.74, 6) is 0.576. The number of aromatic nitrogens is 1. The van der Waals surface area contributed by atoms with E-state index in [1.807, 2.05) is 30.9 Å². The van der Waals surface area contributed by atoms with E-state index in [1.54, 1.807) is 6.20 Å². The second-order valence-electron chi connectivity index (χ2n) is 7.18. The van der Waals surface area contributed by atoms with E-state index in [9.17, 15) is 13.2 Å². The number of ether oxygens (including phenoxy) is 1. The van der Waals surface area contributed by atoms with Crippen LogP contribution >= 0.6 is 0 Å². The highest BCUT2D eigenvalue weighted by molar-refractivity contribution is 7.89. The van der Waals surface area contributed by atoms with Crippen molar-refractivity contribution in [1.82, 2.24) is 15.2 Å². The third-order valence-electron chi connectivity index (χ3n) is 4.63. The van der Waals surface area contributed by atoms with Gasteiger partial charge in [-0.1, -0.05) is 11.0 Å². The molecule has 0 aliphatic carbocycles. The first-order valence-corrected chi connectivity index (χ1v) is 11.0. The van der Waals surface area contributed by atoms with Gasteiger partial charge in [0, 0.05) is 31.4 Å². The maximum Gasteiger partial charge on any atom is 0.262 e. The summed E-state index contributed by atoms with van der Waals surface area (Å²) < 4.78 is 29.4. The lowest BCUT2D eigenvalue weighted by Crippen LogP contribution is -2.45. The smallest absolute Gasteiger partial charge is 0.262 e. The van der Waals surface area contributed by atoms with E-state index in [1.165, 1.54) is 31.4 Å². The number of nitrogens with zero attached hydrogens (tertiary/aromatic N) is 2. The molecular formula is C20H26N4O5S. The van der Waals surface area contributed by atoms with E-state index in [2.05, 4.69) is 20.0 Å². The van der Waals surface area contributed by atoms with Crippen LogP contribution in [0.3, 0.4) is 0 Å². The molecule has 2 heterocycles. The Morgan fingerprint density at radius 1 is 1.17 bits per heavy atom. The minimum absolute atomic E-state index is 0.00689. The number of carbonyl (C=O) groups excluding carboxylic acids is 1. The summed E-state index contributed by atoms with van der Waals surface area (Å²) in [5, 5.41) is 2.81. The summed E-state index contributed by atoms with van der Waals surface area (Å²) in [6.45, 7) is 5.98. The third-order valence-corrected chi connectivity index (χ3v) is 5.90. The molecule has 2 N–H and O–H groups in total. The molecule has 162 valence electrons. The predicted molar refractivity (Wildman–Crippen MR) is 111 cm³/mol. The molecule has 0 bridgehead atoms. The Kier molecular flexibility index (Phi) is 7.03. The number of carbonyl (C=O) groups is 1. The fourth-order valence-electron chi connectivity index (χ4n) is 3.30. The van der Waals surface area contributed by atoms with Crippen molar-refractivity contribution < 1.29 is 22.8 Å². The Morgan fingerprint density at radius 3 is 2.40 bits per heavy atom. The van der Waals surface area contributed by atoms with Gasteiger partial charge in [-0.05, 0) is 49.7 Å². The molecule has 10 heteroatoms. The zero-order valence-electron chi connectivity index (χ0n) is 17.2. The summed E-state index contributed by atoms with van der Waals surface area (Å²) in [7, 11) is -2.54. The highest BCUT2D eigenvalue weighted by Crippen LogP contribution is 2.18. The van der Waals surface area contributed by atoms with Crippen LogP contribution in [-0.2, 0) is 26.1 Å². The number of pyridine rings is 1. The van der Waals surface area contributed by atoms with E-state index in [0.29, 0.717) is 12.1 Å². The van der Waals surface area contributed by atoms with Crippen LogP contribution in [0, 0.1) is 0 Å². The van der Waals surface area contributed by atoms with Gasteiger partial charge in [-0.25, -0.2) is 13.4 Å². The number of anilines is 1. The van der Waals surface area contributed by atoms with Crippen molar-refractivity contribution in [3.63, 3.8) is 0 Å². The molecule has 0 radical (unpaired) electrons. The van der Waals surface area contributed by atoms with Crippen LogP contribution in [0.5, 0.6) is 0 Å². The number of benzene rings is 1. The molecule has 1 saturated heterocycles. The van der Waals surface area contributed by atoms with Gasteiger partial charge < -0.3 is 15.0 Å². The second-order valence-corrected chi connectivity index (χ2v) is 8.83. The van der Waals surface area contributed by atoms with Crippen molar-refractivity contribution in [3.05, 3.63) is 53.7 Å². The minimum Gasteiger partial charge on any atom is -0.372 e. The molecule has 0 unspecified atom stereocenters. The Hall–Kier alpha value is -2.53. The molecule has 1 amide bonds. The van der Waals surface area contributed by atoms with Crippen LogP contribution in [0.2, 0.25) is 0 Å². The molecule has 1 aliphatic heterocycles. The Morgan fingerprint density at radius 2 is 1.83 bits per heavy atom. The van der Waals surface area contributed by atoms with Crippen LogP contribution in [0.25, 0.3) is 0 Å².